The number of carbonyl (C=O) groups excluding carboxylic acids is 1. The van der Waals surface area contributed by atoms with Crippen molar-refractivity contribution in [1.82, 2.24) is 4.31 Å². The summed E-state index contributed by atoms with van der Waals surface area (Å²) in [5, 5.41) is 5.08. The Hall–Kier alpha value is -2.90. The predicted octanol–water partition coefficient (Wildman–Crippen LogP) is 4.25. The molecule has 1 saturated heterocycles. The number of hydrogen-bond acceptors (Lipinski definition) is 4. The summed E-state index contributed by atoms with van der Waals surface area (Å²) < 4.78 is 27.6. The van der Waals surface area contributed by atoms with Gasteiger partial charge in [-0.25, -0.2) is 8.42 Å². The van der Waals surface area contributed by atoms with Gasteiger partial charge in [0.1, 0.15) is 0 Å². The minimum absolute atomic E-state index is 0.142. The molecule has 4 rings (SSSR count). The number of carbonyl (C=O) groups is 1. The van der Waals surface area contributed by atoms with Gasteiger partial charge in [-0.1, -0.05) is 42.0 Å². The highest BCUT2D eigenvalue weighted by Crippen LogP contribution is 2.32. The quantitative estimate of drug-likeness (QED) is 0.630. The van der Waals surface area contributed by atoms with Crippen molar-refractivity contribution >= 4 is 38.1 Å². The van der Waals surface area contributed by atoms with Crippen LogP contribution >= 0.6 is 0 Å². The molecule has 0 bridgehead atoms. The van der Waals surface area contributed by atoms with E-state index in [0.29, 0.717) is 19.4 Å². The molecular weight excluding hydrogens is 422 g/mol. The largest absolute Gasteiger partial charge is 0.377 e. The fourth-order valence-corrected chi connectivity index (χ4v) is 5.77. The average molecular weight is 452 g/mol. The summed E-state index contributed by atoms with van der Waals surface area (Å²) in [5.74, 6) is -0.534. The maximum absolute atomic E-state index is 13.1. The molecule has 3 aromatic rings. The van der Waals surface area contributed by atoms with E-state index in [1.165, 1.54) is 4.31 Å². The van der Waals surface area contributed by atoms with Gasteiger partial charge in [-0.05, 0) is 44.0 Å². The Bertz CT molecular complexity index is 1240. The van der Waals surface area contributed by atoms with Crippen LogP contribution in [0.4, 0.5) is 11.4 Å². The fraction of sp³-hybridized carbons (Fsp3) is 0.320. The number of piperidine rings is 1. The van der Waals surface area contributed by atoms with Crippen LogP contribution in [0.5, 0.6) is 0 Å². The highest BCUT2D eigenvalue weighted by atomic mass is 32.2. The summed E-state index contributed by atoms with van der Waals surface area (Å²) >= 11 is 0. The molecule has 0 spiro atoms. The second kappa shape index (κ2) is 8.92. The van der Waals surface area contributed by atoms with Gasteiger partial charge in [0.05, 0.1) is 10.8 Å². The monoisotopic (exact) mass is 451 g/mol. The van der Waals surface area contributed by atoms with Crippen LogP contribution in [-0.2, 0) is 14.8 Å². The molecule has 168 valence electrons. The smallest absolute Gasteiger partial charge is 0.243 e. The number of aryl methyl sites for hydroxylation is 1. The molecule has 1 N–H and O–H groups in total. The van der Waals surface area contributed by atoms with Crippen molar-refractivity contribution < 1.29 is 13.2 Å². The van der Waals surface area contributed by atoms with Crippen LogP contribution in [0.2, 0.25) is 0 Å². The molecule has 3 aromatic carbocycles. The lowest BCUT2D eigenvalue weighted by atomic mass is 9.98. The third-order valence-corrected chi connectivity index (χ3v) is 7.93. The molecule has 0 aromatic heterocycles. The van der Waals surface area contributed by atoms with Crippen molar-refractivity contribution in [3.8, 4) is 0 Å². The van der Waals surface area contributed by atoms with E-state index in [9.17, 15) is 13.2 Å². The summed E-state index contributed by atoms with van der Waals surface area (Å²) in [6, 6.07) is 18.7. The van der Waals surface area contributed by atoms with E-state index in [2.05, 4.69) is 5.32 Å². The first-order valence-electron chi connectivity index (χ1n) is 10.8. The van der Waals surface area contributed by atoms with Gasteiger partial charge in [0.2, 0.25) is 15.9 Å². The number of rotatable bonds is 5. The number of sulfonamides is 1. The third kappa shape index (κ3) is 4.36. The molecule has 32 heavy (non-hydrogen) atoms. The molecule has 1 aliphatic heterocycles. The van der Waals surface area contributed by atoms with Crippen LogP contribution in [0.3, 0.4) is 0 Å². The Morgan fingerprint density at radius 2 is 1.69 bits per heavy atom. The molecule has 1 atom stereocenters. The lowest BCUT2D eigenvalue weighted by molar-refractivity contribution is -0.120. The van der Waals surface area contributed by atoms with E-state index in [0.717, 1.165) is 27.7 Å². The lowest BCUT2D eigenvalue weighted by Crippen LogP contribution is -2.43. The Kier molecular flexibility index (Phi) is 6.22. The van der Waals surface area contributed by atoms with Crippen molar-refractivity contribution in [2.75, 3.05) is 37.4 Å². The number of anilines is 2. The summed E-state index contributed by atoms with van der Waals surface area (Å²) in [6.07, 6.45) is 1.32. The first-order chi connectivity index (χ1) is 15.3. The number of fused-ring (bicyclic) bond motifs is 1. The molecule has 0 aliphatic carbocycles. The maximum atomic E-state index is 13.1. The van der Waals surface area contributed by atoms with Gasteiger partial charge in [0, 0.05) is 49.3 Å². The van der Waals surface area contributed by atoms with E-state index in [1.54, 1.807) is 24.3 Å². The van der Waals surface area contributed by atoms with Gasteiger partial charge < -0.3 is 10.2 Å². The fourth-order valence-electron chi connectivity index (χ4n) is 4.25. The van der Waals surface area contributed by atoms with Gasteiger partial charge in [0.15, 0.2) is 0 Å². The van der Waals surface area contributed by atoms with E-state index in [1.807, 2.05) is 62.3 Å². The molecule has 6 nitrogen and oxygen atoms in total. The third-order valence-electron chi connectivity index (χ3n) is 6.05. The molecule has 1 aliphatic rings. The van der Waals surface area contributed by atoms with Gasteiger partial charge in [-0.15, -0.1) is 0 Å². The minimum Gasteiger partial charge on any atom is -0.377 e. The summed E-state index contributed by atoms with van der Waals surface area (Å²) in [4.78, 5) is 15.5. The van der Waals surface area contributed by atoms with E-state index < -0.39 is 15.9 Å². The number of nitrogens with zero attached hydrogens (tertiary/aromatic N) is 2. The van der Waals surface area contributed by atoms with Crippen LogP contribution in [0, 0.1) is 12.8 Å². The SMILES string of the molecule is Cc1ccc(S(=O)(=O)N2CCC[C@H](C(=O)Nc3ccc(N(C)C)c4ccccc34)C2)cc1. The Balaban J connectivity index is 1.54. The van der Waals surface area contributed by atoms with Gasteiger partial charge >= 0.3 is 0 Å². The van der Waals surface area contributed by atoms with Gasteiger partial charge in [-0.2, -0.15) is 4.31 Å². The highest BCUT2D eigenvalue weighted by molar-refractivity contribution is 7.89. The van der Waals surface area contributed by atoms with E-state index in [4.69, 9.17) is 0 Å². The Morgan fingerprint density at radius 3 is 2.38 bits per heavy atom. The van der Waals surface area contributed by atoms with E-state index in [-0.39, 0.29) is 17.3 Å². The molecule has 0 saturated carbocycles. The number of hydrogen-bond donors (Lipinski definition) is 1. The Labute approximate surface area is 189 Å². The molecule has 7 heteroatoms. The number of nitrogens with one attached hydrogen (secondary N) is 1. The predicted molar refractivity (Wildman–Crippen MR) is 130 cm³/mol. The highest BCUT2D eigenvalue weighted by Gasteiger charge is 2.33. The molecular formula is C25H29N3O3S. The van der Waals surface area contributed by atoms with E-state index >= 15 is 0 Å². The van der Waals surface area contributed by atoms with Crippen LogP contribution in [0.25, 0.3) is 10.8 Å². The van der Waals surface area contributed by atoms with Crippen molar-refractivity contribution in [3.63, 3.8) is 0 Å². The maximum Gasteiger partial charge on any atom is 0.243 e. The molecule has 1 heterocycles. The van der Waals surface area contributed by atoms with Crippen molar-refractivity contribution in [2.45, 2.75) is 24.7 Å². The first kappa shape index (κ1) is 22.3. The average Bonchev–Trinajstić information content (AvgIpc) is 2.79. The minimum atomic E-state index is -3.62. The van der Waals surface area contributed by atoms with Crippen LogP contribution in [0.1, 0.15) is 18.4 Å². The normalized spacial score (nSPS) is 17.3. The molecule has 0 radical (unpaired) electrons. The molecule has 1 amide bonds. The topological polar surface area (TPSA) is 69.7 Å². The lowest BCUT2D eigenvalue weighted by Gasteiger charge is -2.31. The molecule has 0 unspecified atom stereocenters. The van der Waals surface area contributed by atoms with Crippen molar-refractivity contribution in [3.05, 3.63) is 66.2 Å². The molecule has 1 fully saturated rings. The standard InChI is InChI=1S/C25H29N3O3S/c1-18-10-12-20(13-11-18)32(30,31)28-16-6-7-19(17-28)25(29)26-23-14-15-24(27(2)3)22-9-5-4-8-21(22)23/h4-5,8-15,19H,6-7,16-17H2,1-3H3,(H,26,29)/t19-/m0/s1. The zero-order chi connectivity index (χ0) is 22.9. The van der Waals surface area contributed by atoms with Gasteiger partial charge in [0.25, 0.3) is 0 Å². The zero-order valence-electron chi connectivity index (χ0n) is 18.7. The Morgan fingerprint density at radius 1 is 1.00 bits per heavy atom. The zero-order valence-corrected chi connectivity index (χ0v) is 19.5. The van der Waals surface area contributed by atoms with Crippen LogP contribution in [-0.4, -0.2) is 45.8 Å². The summed E-state index contributed by atoms with van der Waals surface area (Å²) in [7, 11) is 0.362. The summed E-state index contributed by atoms with van der Waals surface area (Å²) in [5.41, 5.74) is 2.83. The van der Waals surface area contributed by atoms with Crippen LogP contribution in [0.15, 0.2) is 65.6 Å². The first-order valence-corrected chi connectivity index (χ1v) is 12.3. The second-order valence-corrected chi connectivity index (χ2v) is 10.5. The number of benzene rings is 3. The summed E-state index contributed by atoms with van der Waals surface area (Å²) in [6.45, 7) is 2.54. The van der Waals surface area contributed by atoms with Gasteiger partial charge in [-0.3, -0.25) is 4.79 Å². The van der Waals surface area contributed by atoms with Crippen molar-refractivity contribution in [1.29, 1.82) is 0 Å². The number of amides is 1. The van der Waals surface area contributed by atoms with Crippen molar-refractivity contribution in [2.24, 2.45) is 5.92 Å². The second-order valence-electron chi connectivity index (χ2n) is 8.58. The van der Waals surface area contributed by atoms with Crippen LogP contribution < -0.4 is 10.2 Å².